The van der Waals surface area contributed by atoms with Crippen LogP contribution in [0.5, 0.6) is 0 Å². The van der Waals surface area contributed by atoms with E-state index in [9.17, 15) is 0 Å². The van der Waals surface area contributed by atoms with Crippen LogP contribution in [0.4, 0.5) is 0 Å². The van der Waals surface area contributed by atoms with Gasteiger partial charge in [0.05, 0.1) is 11.4 Å². The zero-order valence-corrected chi connectivity index (χ0v) is 20.9. The normalized spacial score (nSPS) is 13.4. The lowest BCUT2D eigenvalue weighted by molar-refractivity contribution is 0.658. The van der Waals surface area contributed by atoms with Crippen LogP contribution in [0.15, 0.2) is 121 Å². The molecule has 2 heteroatoms. The van der Waals surface area contributed by atoms with Gasteiger partial charge in [-0.25, -0.2) is 9.97 Å². The van der Waals surface area contributed by atoms with Gasteiger partial charge in [0.2, 0.25) is 0 Å². The third-order valence-corrected chi connectivity index (χ3v) is 7.65. The second kappa shape index (κ2) is 8.25. The van der Waals surface area contributed by atoms with E-state index >= 15 is 0 Å². The van der Waals surface area contributed by atoms with Crippen molar-refractivity contribution in [3.05, 3.63) is 132 Å². The van der Waals surface area contributed by atoms with E-state index in [1.54, 1.807) is 0 Å². The predicted octanol–water partition coefficient (Wildman–Crippen LogP) is 8.94. The zero-order valence-electron chi connectivity index (χ0n) is 20.9. The SMILES string of the molecule is CC1(C)c2ccc3ccccc3c2-c2nc(-c3ccccc3)nc(-c3cccc(-c4ccccc4)c3)c21. The quantitative estimate of drug-likeness (QED) is 0.256. The summed E-state index contributed by atoms with van der Waals surface area (Å²) in [4.78, 5) is 10.5. The Morgan fingerprint density at radius 2 is 1.14 bits per heavy atom. The van der Waals surface area contributed by atoms with Crippen molar-refractivity contribution >= 4 is 10.8 Å². The third-order valence-electron chi connectivity index (χ3n) is 7.65. The highest BCUT2D eigenvalue weighted by Gasteiger charge is 2.41. The summed E-state index contributed by atoms with van der Waals surface area (Å²) < 4.78 is 0. The molecular formula is C35H26N2. The summed E-state index contributed by atoms with van der Waals surface area (Å²) >= 11 is 0. The summed E-state index contributed by atoms with van der Waals surface area (Å²) in [7, 11) is 0. The summed E-state index contributed by atoms with van der Waals surface area (Å²) in [5, 5.41) is 2.48. The molecule has 0 atom stereocenters. The molecule has 0 spiro atoms. The highest BCUT2D eigenvalue weighted by Crippen LogP contribution is 2.53. The molecule has 0 fully saturated rings. The van der Waals surface area contributed by atoms with Crippen molar-refractivity contribution in [3.8, 4) is 45.0 Å². The number of nitrogens with zero attached hydrogens (tertiary/aromatic N) is 2. The Morgan fingerprint density at radius 1 is 0.514 bits per heavy atom. The number of hydrogen-bond acceptors (Lipinski definition) is 2. The van der Waals surface area contributed by atoms with Gasteiger partial charge in [-0.15, -0.1) is 0 Å². The highest BCUT2D eigenvalue weighted by atomic mass is 14.9. The summed E-state index contributed by atoms with van der Waals surface area (Å²) in [6.07, 6.45) is 0. The molecule has 7 rings (SSSR count). The van der Waals surface area contributed by atoms with E-state index in [1.165, 1.54) is 38.6 Å². The maximum Gasteiger partial charge on any atom is 0.160 e. The van der Waals surface area contributed by atoms with Gasteiger partial charge in [0.1, 0.15) is 0 Å². The molecule has 0 bridgehead atoms. The van der Waals surface area contributed by atoms with Crippen molar-refractivity contribution in [1.29, 1.82) is 0 Å². The van der Waals surface area contributed by atoms with Crippen molar-refractivity contribution in [2.45, 2.75) is 19.3 Å². The molecule has 5 aromatic carbocycles. The van der Waals surface area contributed by atoms with E-state index < -0.39 is 0 Å². The fourth-order valence-corrected chi connectivity index (χ4v) is 5.82. The van der Waals surface area contributed by atoms with E-state index in [0.29, 0.717) is 0 Å². The van der Waals surface area contributed by atoms with Crippen LogP contribution in [0.3, 0.4) is 0 Å². The Balaban J connectivity index is 1.56. The maximum atomic E-state index is 5.27. The van der Waals surface area contributed by atoms with Crippen LogP contribution >= 0.6 is 0 Å². The number of fused-ring (bicyclic) bond motifs is 5. The van der Waals surface area contributed by atoms with Gasteiger partial charge < -0.3 is 0 Å². The van der Waals surface area contributed by atoms with Crippen LogP contribution in [0.25, 0.3) is 55.8 Å². The first-order valence-electron chi connectivity index (χ1n) is 12.8. The maximum absolute atomic E-state index is 5.27. The average Bonchev–Trinajstić information content (AvgIpc) is 3.20. The van der Waals surface area contributed by atoms with E-state index in [1.807, 2.05) is 6.07 Å². The Bertz CT molecular complexity index is 1780. The zero-order chi connectivity index (χ0) is 25.0. The number of rotatable bonds is 3. The number of benzene rings is 5. The van der Waals surface area contributed by atoms with Crippen molar-refractivity contribution < 1.29 is 0 Å². The van der Waals surface area contributed by atoms with Crippen LogP contribution in [-0.4, -0.2) is 9.97 Å². The van der Waals surface area contributed by atoms with E-state index in [0.717, 1.165) is 28.3 Å². The molecule has 0 amide bonds. The minimum atomic E-state index is -0.234. The number of hydrogen-bond donors (Lipinski definition) is 0. The first kappa shape index (κ1) is 21.7. The fraction of sp³-hybridized carbons (Fsp3) is 0.0857. The summed E-state index contributed by atoms with van der Waals surface area (Å²) in [6.45, 7) is 4.62. The second-order valence-corrected chi connectivity index (χ2v) is 10.3. The molecular weight excluding hydrogens is 448 g/mol. The molecule has 37 heavy (non-hydrogen) atoms. The topological polar surface area (TPSA) is 25.8 Å². The molecule has 6 aromatic rings. The van der Waals surface area contributed by atoms with Crippen molar-refractivity contribution in [2.24, 2.45) is 0 Å². The number of aromatic nitrogens is 2. The fourth-order valence-electron chi connectivity index (χ4n) is 5.82. The molecule has 0 aliphatic heterocycles. The Labute approximate surface area is 217 Å². The average molecular weight is 475 g/mol. The molecule has 2 nitrogen and oxygen atoms in total. The lowest BCUT2D eigenvalue weighted by Gasteiger charge is -2.24. The smallest absolute Gasteiger partial charge is 0.160 e. The molecule has 0 saturated heterocycles. The van der Waals surface area contributed by atoms with Crippen LogP contribution in [-0.2, 0) is 5.41 Å². The first-order valence-corrected chi connectivity index (χ1v) is 12.8. The minimum Gasteiger partial charge on any atom is -0.228 e. The van der Waals surface area contributed by atoms with Crippen molar-refractivity contribution in [3.63, 3.8) is 0 Å². The van der Waals surface area contributed by atoms with Crippen molar-refractivity contribution in [2.75, 3.05) is 0 Å². The largest absolute Gasteiger partial charge is 0.228 e. The van der Waals surface area contributed by atoms with E-state index in [-0.39, 0.29) is 5.41 Å². The first-order chi connectivity index (χ1) is 18.1. The second-order valence-electron chi connectivity index (χ2n) is 10.3. The molecule has 1 heterocycles. The molecule has 0 N–H and O–H groups in total. The minimum absolute atomic E-state index is 0.234. The van der Waals surface area contributed by atoms with Crippen LogP contribution in [0.2, 0.25) is 0 Å². The molecule has 0 saturated carbocycles. The van der Waals surface area contributed by atoms with Crippen LogP contribution in [0.1, 0.15) is 25.0 Å². The monoisotopic (exact) mass is 474 g/mol. The van der Waals surface area contributed by atoms with Gasteiger partial charge in [0.15, 0.2) is 5.82 Å². The third kappa shape index (κ3) is 3.41. The Hall–Kier alpha value is -4.56. The molecule has 1 aromatic heterocycles. The lowest BCUT2D eigenvalue weighted by Crippen LogP contribution is -2.17. The molecule has 176 valence electrons. The van der Waals surface area contributed by atoms with E-state index in [2.05, 4.69) is 129 Å². The van der Waals surface area contributed by atoms with Gasteiger partial charge in [0.25, 0.3) is 0 Å². The standard InChI is InChI=1S/C35H26N2/c1-35(2)29-21-20-24-14-9-10-19-28(24)30(29)33-31(35)32(36-34(37-33)25-15-7-4-8-16-25)27-18-11-17-26(22-27)23-12-5-3-6-13-23/h3-22H,1-2H3. The lowest BCUT2D eigenvalue weighted by atomic mass is 9.80. The van der Waals surface area contributed by atoms with Gasteiger partial charge in [-0.05, 0) is 33.5 Å². The predicted molar refractivity (Wildman–Crippen MR) is 153 cm³/mol. The van der Waals surface area contributed by atoms with Gasteiger partial charge >= 0.3 is 0 Å². The van der Waals surface area contributed by atoms with E-state index in [4.69, 9.17) is 9.97 Å². The molecule has 0 unspecified atom stereocenters. The molecule has 1 aliphatic rings. The highest BCUT2D eigenvalue weighted by molar-refractivity contribution is 6.03. The van der Waals surface area contributed by atoms with Gasteiger partial charge in [-0.2, -0.15) is 0 Å². The van der Waals surface area contributed by atoms with Crippen molar-refractivity contribution in [1.82, 2.24) is 9.97 Å². The van der Waals surface area contributed by atoms with Gasteiger partial charge in [0, 0.05) is 27.7 Å². The summed E-state index contributed by atoms with van der Waals surface area (Å²) in [6, 6.07) is 42.8. The Kier molecular flexibility index (Phi) is 4.84. The molecule has 1 aliphatic carbocycles. The Morgan fingerprint density at radius 3 is 1.92 bits per heavy atom. The van der Waals surface area contributed by atoms with Crippen LogP contribution in [0, 0.1) is 0 Å². The van der Waals surface area contributed by atoms with Crippen LogP contribution < -0.4 is 0 Å². The van der Waals surface area contributed by atoms with Gasteiger partial charge in [-0.1, -0.05) is 129 Å². The summed E-state index contributed by atoms with van der Waals surface area (Å²) in [5.74, 6) is 0.760. The van der Waals surface area contributed by atoms with Gasteiger partial charge in [-0.3, -0.25) is 0 Å². The summed E-state index contributed by atoms with van der Waals surface area (Å²) in [5.41, 5.74) is 10.1. The molecule has 0 radical (unpaired) electrons.